The van der Waals surface area contributed by atoms with E-state index in [9.17, 15) is 4.79 Å². The third kappa shape index (κ3) is 5.04. The Balaban J connectivity index is 1.63. The first-order valence-electron chi connectivity index (χ1n) is 9.89. The molecule has 27 heavy (non-hydrogen) atoms. The summed E-state index contributed by atoms with van der Waals surface area (Å²) in [5, 5.41) is 3.00. The van der Waals surface area contributed by atoms with Gasteiger partial charge >= 0.3 is 0 Å². The predicted molar refractivity (Wildman–Crippen MR) is 109 cm³/mol. The quantitative estimate of drug-likeness (QED) is 0.777. The molecule has 6 heteroatoms. The number of carbonyl (C=O) groups excluding carboxylic acids is 1. The van der Waals surface area contributed by atoms with Crippen molar-refractivity contribution in [2.24, 2.45) is 0 Å². The lowest BCUT2D eigenvalue weighted by Gasteiger charge is -2.18. The van der Waals surface area contributed by atoms with Crippen LogP contribution in [0.15, 0.2) is 36.7 Å². The van der Waals surface area contributed by atoms with E-state index in [1.165, 1.54) is 12.8 Å². The van der Waals surface area contributed by atoms with E-state index >= 15 is 0 Å². The third-order valence-electron chi connectivity index (χ3n) is 5.09. The first-order valence-corrected chi connectivity index (χ1v) is 9.89. The Morgan fingerprint density at radius 1 is 1.11 bits per heavy atom. The van der Waals surface area contributed by atoms with Gasteiger partial charge in [0.25, 0.3) is 5.91 Å². The van der Waals surface area contributed by atoms with Gasteiger partial charge in [-0.05, 0) is 43.6 Å². The number of amides is 1. The van der Waals surface area contributed by atoms with Crippen molar-refractivity contribution >= 4 is 11.9 Å². The van der Waals surface area contributed by atoms with E-state index in [1.54, 1.807) is 0 Å². The second kappa shape index (κ2) is 9.46. The van der Waals surface area contributed by atoms with Gasteiger partial charge in [-0.25, -0.2) is 9.97 Å². The first-order chi connectivity index (χ1) is 13.2. The number of likely N-dealkylation sites (N-methyl/N-ethyl adjacent to an activating group) is 1. The molecule has 3 rings (SSSR count). The van der Waals surface area contributed by atoms with Crippen LogP contribution in [0.25, 0.3) is 11.1 Å². The summed E-state index contributed by atoms with van der Waals surface area (Å²) in [4.78, 5) is 26.0. The molecule has 144 valence electrons. The molecule has 0 aliphatic carbocycles. The molecular formula is C21H29N5O. The van der Waals surface area contributed by atoms with Crippen LogP contribution in [0.3, 0.4) is 0 Å². The molecule has 1 aromatic carbocycles. The summed E-state index contributed by atoms with van der Waals surface area (Å²) < 4.78 is 0. The molecule has 1 fully saturated rings. The van der Waals surface area contributed by atoms with E-state index < -0.39 is 0 Å². The normalized spacial score (nSPS) is 14.0. The van der Waals surface area contributed by atoms with Gasteiger partial charge in [-0.1, -0.05) is 26.0 Å². The molecule has 0 spiro atoms. The maximum atomic E-state index is 12.4. The molecule has 2 aromatic rings. The van der Waals surface area contributed by atoms with Crippen LogP contribution in [-0.2, 0) is 0 Å². The Morgan fingerprint density at radius 3 is 2.48 bits per heavy atom. The average molecular weight is 367 g/mol. The van der Waals surface area contributed by atoms with Crippen molar-refractivity contribution in [2.45, 2.75) is 26.7 Å². The highest BCUT2D eigenvalue weighted by Gasteiger charge is 2.15. The van der Waals surface area contributed by atoms with Crippen LogP contribution < -0.4 is 10.2 Å². The SMILES string of the molecule is CCN(CC)CCNC(=O)c1cccc(-c2cnc(N3CCCC3)nc2)c1. The van der Waals surface area contributed by atoms with Gasteiger partial charge in [0.2, 0.25) is 5.95 Å². The van der Waals surface area contributed by atoms with Crippen molar-refractivity contribution in [2.75, 3.05) is 44.2 Å². The van der Waals surface area contributed by atoms with Gasteiger partial charge in [0, 0.05) is 49.7 Å². The molecule has 6 nitrogen and oxygen atoms in total. The molecule has 1 amide bonds. The third-order valence-corrected chi connectivity index (χ3v) is 5.09. The Labute approximate surface area is 161 Å². The topological polar surface area (TPSA) is 61.4 Å². The molecule has 0 atom stereocenters. The fourth-order valence-electron chi connectivity index (χ4n) is 3.36. The van der Waals surface area contributed by atoms with E-state index in [-0.39, 0.29) is 5.91 Å². The van der Waals surface area contributed by atoms with Gasteiger partial charge in [0.15, 0.2) is 0 Å². The van der Waals surface area contributed by atoms with Crippen molar-refractivity contribution in [3.8, 4) is 11.1 Å². The monoisotopic (exact) mass is 367 g/mol. The van der Waals surface area contributed by atoms with Crippen LogP contribution in [0.5, 0.6) is 0 Å². The number of nitrogens with zero attached hydrogens (tertiary/aromatic N) is 4. The second-order valence-electron chi connectivity index (χ2n) is 6.83. The molecule has 0 radical (unpaired) electrons. The number of rotatable bonds is 8. The van der Waals surface area contributed by atoms with E-state index in [0.717, 1.165) is 49.8 Å². The Bertz CT molecular complexity index is 736. The van der Waals surface area contributed by atoms with Crippen molar-refractivity contribution in [1.29, 1.82) is 0 Å². The largest absolute Gasteiger partial charge is 0.351 e. The van der Waals surface area contributed by atoms with E-state index in [0.29, 0.717) is 12.1 Å². The minimum Gasteiger partial charge on any atom is -0.351 e. The molecule has 0 saturated carbocycles. The number of hydrogen-bond acceptors (Lipinski definition) is 5. The fourth-order valence-corrected chi connectivity index (χ4v) is 3.36. The number of anilines is 1. The molecule has 2 heterocycles. The smallest absolute Gasteiger partial charge is 0.251 e. The van der Waals surface area contributed by atoms with E-state index in [4.69, 9.17) is 0 Å². The maximum absolute atomic E-state index is 12.4. The van der Waals surface area contributed by atoms with Crippen molar-refractivity contribution in [3.63, 3.8) is 0 Å². The van der Waals surface area contributed by atoms with Crippen LogP contribution in [0, 0.1) is 0 Å². The summed E-state index contributed by atoms with van der Waals surface area (Å²) in [6.07, 6.45) is 6.10. The minimum atomic E-state index is -0.0430. The zero-order chi connectivity index (χ0) is 19.1. The lowest BCUT2D eigenvalue weighted by molar-refractivity contribution is 0.0949. The van der Waals surface area contributed by atoms with Gasteiger partial charge < -0.3 is 15.1 Å². The zero-order valence-electron chi connectivity index (χ0n) is 16.3. The van der Waals surface area contributed by atoms with Crippen molar-refractivity contribution in [3.05, 3.63) is 42.2 Å². The summed E-state index contributed by atoms with van der Waals surface area (Å²) >= 11 is 0. The zero-order valence-corrected chi connectivity index (χ0v) is 16.3. The Morgan fingerprint density at radius 2 is 1.81 bits per heavy atom. The molecule has 0 bridgehead atoms. The van der Waals surface area contributed by atoms with Gasteiger partial charge in [0.05, 0.1) is 0 Å². The summed E-state index contributed by atoms with van der Waals surface area (Å²) in [5.41, 5.74) is 2.55. The van der Waals surface area contributed by atoms with E-state index in [1.807, 2.05) is 36.7 Å². The average Bonchev–Trinajstić information content (AvgIpc) is 3.26. The molecule has 1 aromatic heterocycles. The van der Waals surface area contributed by atoms with Crippen LogP contribution in [0.2, 0.25) is 0 Å². The molecular weight excluding hydrogens is 338 g/mol. The molecule has 1 N–H and O–H groups in total. The summed E-state index contributed by atoms with van der Waals surface area (Å²) in [7, 11) is 0. The second-order valence-corrected chi connectivity index (χ2v) is 6.83. The summed E-state index contributed by atoms with van der Waals surface area (Å²) in [6.45, 7) is 9.83. The maximum Gasteiger partial charge on any atom is 0.251 e. The first kappa shape index (κ1) is 19.3. The van der Waals surface area contributed by atoms with Crippen LogP contribution in [0.1, 0.15) is 37.0 Å². The van der Waals surface area contributed by atoms with Gasteiger partial charge in [-0.2, -0.15) is 0 Å². The minimum absolute atomic E-state index is 0.0430. The highest BCUT2D eigenvalue weighted by atomic mass is 16.1. The van der Waals surface area contributed by atoms with Crippen LogP contribution >= 0.6 is 0 Å². The lowest BCUT2D eigenvalue weighted by atomic mass is 10.1. The number of aromatic nitrogens is 2. The van der Waals surface area contributed by atoms with Crippen LogP contribution in [0.4, 0.5) is 5.95 Å². The van der Waals surface area contributed by atoms with E-state index in [2.05, 4.69) is 38.9 Å². The highest BCUT2D eigenvalue weighted by molar-refractivity contribution is 5.95. The van der Waals surface area contributed by atoms with Gasteiger partial charge in [-0.15, -0.1) is 0 Å². The van der Waals surface area contributed by atoms with Crippen LogP contribution in [-0.4, -0.2) is 60.0 Å². The van der Waals surface area contributed by atoms with Crippen molar-refractivity contribution in [1.82, 2.24) is 20.2 Å². The fraction of sp³-hybridized carbons (Fsp3) is 0.476. The van der Waals surface area contributed by atoms with Crippen molar-refractivity contribution < 1.29 is 4.79 Å². The number of nitrogens with one attached hydrogen (secondary N) is 1. The number of benzene rings is 1. The highest BCUT2D eigenvalue weighted by Crippen LogP contribution is 2.21. The molecule has 0 unspecified atom stereocenters. The number of carbonyl (C=O) groups is 1. The lowest BCUT2D eigenvalue weighted by Crippen LogP contribution is -2.34. The standard InChI is InChI=1S/C21H29N5O/c1-3-25(4-2)13-10-22-20(27)18-9-7-8-17(14-18)19-15-23-21(24-16-19)26-11-5-6-12-26/h7-9,14-16H,3-6,10-13H2,1-2H3,(H,22,27). The predicted octanol–water partition coefficient (Wildman–Crippen LogP) is 2.82. The Kier molecular flexibility index (Phi) is 6.76. The molecule has 1 aliphatic heterocycles. The summed E-state index contributed by atoms with van der Waals surface area (Å²) in [5.74, 6) is 0.750. The summed E-state index contributed by atoms with van der Waals surface area (Å²) in [6, 6.07) is 7.64. The molecule has 1 aliphatic rings. The van der Waals surface area contributed by atoms with Gasteiger partial charge in [0.1, 0.15) is 0 Å². The molecule has 1 saturated heterocycles. The van der Waals surface area contributed by atoms with Gasteiger partial charge in [-0.3, -0.25) is 4.79 Å². The number of hydrogen-bond donors (Lipinski definition) is 1. The Hall–Kier alpha value is -2.47.